The highest BCUT2D eigenvalue weighted by atomic mass is 15.6. The molecule has 0 radical (unpaired) electrons. The first kappa shape index (κ1) is 11.0. The zero-order chi connectivity index (χ0) is 13.4. The van der Waals surface area contributed by atoms with Crippen LogP contribution in [0.25, 0.3) is 21.8 Å². The van der Waals surface area contributed by atoms with Crippen LogP contribution in [0.2, 0.25) is 0 Å². The first-order chi connectivity index (χ1) is 9.92. The van der Waals surface area contributed by atoms with Gasteiger partial charge in [0.25, 0.3) is 0 Å². The second-order valence-electron chi connectivity index (χ2n) is 4.61. The van der Waals surface area contributed by atoms with Crippen molar-refractivity contribution in [3.63, 3.8) is 0 Å². The number of anilines is 1. The van der Waals surface area contributed by atoms with E-state index in [0.29, 0.717) is 0 Å². The molecule has 0 aliphatic heterocycles. The largest absolute Gasteiger partial charge is 0.278 e. The van der Waals surface area contributed by atoms with Gasteiger partial charge in [-0.2, -0.15) is 9.89 Å². The normalized spacial score (nSPS) is 11.0. The Hall–Kier alpha value is -2.88. The van der Waals surface area contributed by atoms with Crippen molar-refractivity contribution in [2.24, 2.45) is 0 Å². The Morgan fingerprint density at radius 2 is 1.65 bits per heavy atom. The molecule has 2 aromatic heterocycles. The number of hydrogen-bond acceptors (Lipinski definition) is 3. The van der Waals surface area contributed by atoms with Crippen molar-refractivity contribution >= 4 is 27.5 Å². The highest BCUT2D eigenvalue weighted by Gasteiger charge is 2.07. The fourth-order valence-corrected chi connectivity index (χ4v) is 2.37. The summed E-state index contributed by atoms with van der Waals surface area (Å²) in [6, 6.07) is 18.1. The van der Waals surface area contributed by atoms with Crippen LogP contribution in [0.4, 0.5) is 5.69 Å². The van der Waals surface area contributed by atoms with E-state index in [1.165, 1.54) is 0 Å². The van der Waals surface area contributed by atoms with E-state index in [9.17, 15) is 0 Å². The molecule has 20 heavy (non-hydrogen) atoms. The number of aromatic nitrogens is 3. The van der Waals surface area contributed by atoms with Gasteiger partial charge in [-0.3, -0.25) is 10.4 Å². The molecule has 0 atom stereocenters. The van der Waals surface area contributed by atoms with Crippen LogP contribution in [0.1, 0.15) is 0 Å². The third-order valence-electron chi connectivity index (χ3n) is 3.31. The van der Waals surface area contributed by atoms with Crippen molar-refractivity contribution < 1.29 is 0 Å². The number of pyridine rings is 1. The lowest BCUT2D eigenvalue weighted by Crippen LogP contribution is -2.10. The lowest BCUT2D eigenvalue weighted by molar-refractivity contribution is 0.835. The van der Waals surface area contributed by atoms with Gasteiger partial charge < -0.3 is 0 Å². The summed E-state index contributed by atoms with van der Waals surface area (Å²) in [5, 5.41) is 6.52. The molecule has 4 nitrogen and oxygen atoms in total. The molecule has 4 aromatic rings. The van der Waals surface area contributed by atoms with Gasteiger partial charge in [-0.1, -0.05) is 36.4 Å². The van der Waals surface area contributed by atoms with Crippen LogP contribution in [0.5, 0.6) is 0 Å². The number of fused-ring (bicyclic) bond motifs is 3. The smallest absolute Gasteiger partial charge is 0.103 e. The molecule has 96 valence electrons. The first-order valence-electron chi connectivity index (χ1n) is 6.45. The number of para-hydroxylation sites is 2. The van der Waals surface area contributed by atoms with E-state index in [2.05, 4.69) is 21.6 Å². The van der Waals surface area contributed by atoms with Crippen molar-refractivity contribution in [3.8, 4) is 0 Å². The Morgan fingerprint density at radius 1 is 0.850 bits per heavy atom. The van der Waals surface area contributed by atoms with E-state index in [1.54, 1.807) is 4.79 Å². The van der Waals surface area contributed by atoms with Crippen LogP contribution in [-0.4, -0.2) is 14.9 Å². The highest BCUT2D eigenvalue weighted by Crippen LogP contribution is 2.23. The van der Waals surface area contributed by atoms with Gasteiger partial charge in [0.1, 0.15) is 5.52 Å². The summed E-state index contributed by atoms with van der Waals surface area (Å²) in [5.41, 5.74) is 6.31. The predicted molar refractivity (Wildman–Crippen MR) is 80.5 cm³/mol. The molecule has 0 saturated carbocycles. The summed E-state index contributed by atoms with van der Waals surface area (Å²) in [6.07, 6.45) is 3.68. The maximum Gasteiger partial charge on any atom is 0.103 e. The van der Waals surface area contributed by atoms with Crippen molar-refractivity contribution in [1.82, 2.24) is 14.9 Å². The van der Waals surface area contributed by atoms with Crippen LogP contribution in [0.3, 0.4) is 0 Å². The molecular weight excluding hydrogens is 248 g/mol. The standard InChI is InChI=1S/C16H12N4/c1-2-6-13(7-3-1)19-20-16-12(11-18-20)10-17-15-9-5-4-8-14(15)16/h1-11,19H. The van der Waals surface area contributed by atoms with Gasteiger partial charge in [0.2, 0.25) is 0 Å². The Balaban J connectivity index is 1.94. The number of nitrogens with zero attached hydrogens (tertiary/aromatic N) is 3. The summed E-state index contributed by atoms with van der Waals surface area (Å²) >= 11 is 0. The summed E-state index contributed by atoms with van der Waals surface area (Å²) in [4.78, 5) is 6.25. The molecule has 4 rings (SSSR count). The van der Waals surface area contributed by atoms with Crippen LogP contribution in [0, 0.1) is 0 Å². The lowest BCUT2D eigenvalue weighted by atomic mass is 10.2. The van der Waals surface area contributed by atoms with E-state index in [1.807, 2.05) is 60.9 Å². The third kappa shape index (κ3) is 1.70. The molecule has 0 bridgehead atoms. The number of hydrogen-bond donors (Lipinski definition) is 1. The van der Waals surface area contributed by atoms with E-state index in [0.717, 1.165) is 27.5 Å². The average Bonchev–Trinajstić information content (AvgIpc) is 2.92. The van der Waals surface area contributed by atoms with Gasteiger partial charge in [-0.15, -0.1) is 0 Å². The van der Waals surface area contributed by atoms with E-state index >= 15 is 0 Å². The SMILES string of the molecule is c1ccc(Nn2ncc3cnc4ccccc4c32)cc1. The quantitative estimate of drug-likeness (QED) is 0.600. The van der Waals surface area contributed by atoms with Crippen LogP contribution in [0.15, 0.2) is 67.0 Å². The van der Waals surface area contributed by atoms with Crippen molar-refractivity contribution in [2.75, 3.05) is 5.43 Å². The van der Waals surface area contributed by atoms with Crippen molar-refractivity contribution in [1.29, 1.82) is 0 Å². The number of nitrogens with one attached hydrogen (secondary N) is 1. The maximum atomic E-state index is 4.45. The highest BCUT2D eigenvalue weighted by molar-refractivity contribution is 6.03. The number of rotatable bonds is 2. The summed E-state index contributed by atoms with van der Waals surface area (Å²) in [6.45, 7) is 0. The number of benzene rings is 2. The van der Waals surface area contributed by atoms with E-state index in [4.69, 9.17) is 0 Å². The van der Waals surface area contributed by atoms with Gasteiger partial charge in [0.15, 0.2) is 0 Å². The lowest BCUT2D eigenvalue weighted by Gasteiger charge is -2.08. The van der Waals surface area contributed by atoms with Gasteiger partial charge in [-0.05, 0) is 18.2 Å². The van der Waals surface area contributed by atoms with Crippen molar-refractivity contribution in [3.05, 3.63) is 67.0 Å². The zero-order valence-electron chi connectivity index (χ0n) is 10.7. The van der Waals surface area contributed by atoms with Crippen LogP contribution >= 0.6 is 0 Å². The Kier molecular flexibility index (Phi) is 2.39. The van der Waals surface area contributed by atoms with Gasteiger partial charge in [0.05, 0.1) is 17.4 Å². The fraction of sp³-hybridized carbons (Fsp3) is 0. The second-order valence-corrected chi connectivity index (χ2v) is 4.61. The Morgan fingerprint density at radius 3 is 2.55 bits per heavy atom. The monoisotopic (exact) mass is 260 g/mol. The topological polar surface area (TPSA) is 42.7 Å². The summed E-state index contributed by atoms with van der Waals surface area (Å²) in [7, 11) is 0. The van der Waals surface area contributed by atoms with E-state index in [-0.39, 0.29) is 0 Å². The Bertz CT molecular complexity index is 881. The van der Waals surface area contributed by atoms with Gasteiger partial charge >= 0.3 is 0 Å². The molecule has 2 aromatic carbocycles. The third-order valence-corrected chi connectivity index (χ3v) is 3.31. The van der Waals surface area contributed by atoms with Gasteiger partial charge in [0, 0.05) is 17.0 Å². The molecule has 0 amide bonds. The van der Waals surface area contributed by atoms with Crippen molar-refractivity contribution in [2.45, 2.75) is 0 Å². The minimum absolute atomic E-state index is 0.969. The molecule has 2 heterocycles. The van der Waals surface area contributed by atoms with Crippen LogP contribution in [-0.2, 0) is 0 Å². The molecule has 0 fully saturated rings. The molecule has 4 heteroatoms. The summed E-state index contributed by atoms with van der Waals surface area (Å²) in [5.74, 6) is 0. The molecule has 0 spiro atoms. The summed E-state index contributed by atoms with van der Waals surface area (Å²) < 4.78 is 0. The fourth-order valence-electron chi connectivity index (χ4n) is 2.37. The average molecular weight is 260 g/mol. The molecular formula is C16H12N4. The first-order valence-corrected chi connectivity index (χ1v) is 6.45. The Labute approximate surface area is 115 Å². The van der Waals surface area contributed by atoms with Gasteiger partial charge in [-0.25, -0.2) is 0 Å². The van der Waals surface area contributed by atoms with Crippen LogP contribution < -0.4 is 5.43 Å². The molecule has 0 saturated heterocycles. The molecule has 0 aliphatic carbocycles. The molecule has 1 N–H and O–H groups in total. The maximum absolute atomic E-state index is 4.45. The zero-order valence-corrected chi connectivity index (χ0v) is 10.7. The van der Waals surface area contributed by atoms with E-state index < -0.39 is 0 Å². The molecule has 0 aliphatic rings. The minimum Gasteiger partial charge on any atom is -0.278 e. The predicted octanol–water partition coefficient (Wildman–Crippen LogP) is 3.46. The molecule has 0 unspecified atom stereocenters. The minimum atomic E-state index is 0.969. The second kappa shape index (κ2) is 4.35.